The van der Waals surface area contributed by atoms with E-state index in [2.05, 4.69) is 22.6 Å². The van der Waals surface area contributed by atoms with Crippen molar-refractivity contribution < 1.29 is 0 Å². The molecule has 0 radical (unpaired) electrons. The van der Waals surface area contributed by atoms with Gasteiger partial charge in [0.2, 0.25) is 0 Å². The number of hydrogen-bond donors (Lipinski definition) is 1. The number of rotatable bonds is 2. The molecular formula is C12H9ClINS. The zero-order valence-corrected chi connectivity index (χ0v) is 12.0. The number of nitrogen functional groups attached to an aromatic ring is 1. The second-order valence-corrected chi connectivity index (χ2v) is 5.88. The summed E-state index contributed by atoms with van der Waals surface area (Å²) in [5, 5.41) is 0.778. The van der Waals surface area contributed by atoms with Gasteiger partial charge in [-0.3, -0.25) is 0 Å². The van der Waals surface area contributed by atoms with Crippen LogP contribution in [0.1, 0.15) is 0 Å². The van der Waals surface area contributed by atoms with Crippen molar-refractivity contribution in [2.24, 2.45) is 0 Å². The molecule has 0 aromatic heterocycles. The van der Waals surface area contributed by atoms with E-state index >= 15 is 0 Å². The van der Waals surface area contributed by atoms with Crippen molar-refractivity contribution in [3.63, 3.8) is 0 Å². The summed E-state index contributed by atoms with van der Waals surface area (Å²) in [6.07, 6.45) is 0. The first-order chi connectivity index (χ1) is 7.66. The van der Waals surface area contributed by atoms with Crippen LogP contribution in [0.3, 0.4) is 0 Å². The van der Waals surface area contributed by atoms with Gasteiger partial charge in [-0.2, -0.15) is 0 Å². The van der Waals surface area contributed by atoms with Crippen LogP contribution < -0.4 is 5.73 Å². The first-order valence-corrected chi connectivity index (χ1v) is 6.91. The zero-order chi connectivity index (χ0) is 11.5. The molecule has 2 rings (SSSR count). The highest BCUT2D eigenvalue weighted by Crippen LogP contribution is 2.35. The SMILES string of the molecule is Nc1ccc(Sc2ccccc2Cl)c(I)c1. The van der Waals surface area contributed by atoms with E-state index in [0.717, 1.165) is 19.2 Å². The number of halogens is 2. The van der Waals surface area contributed by atoms with E-state index < -0.39 is 0 Å². The summed E-state index contributed by atoms with van der Waals surface area (Å²) in [4.78, 5) is 2.23. The van der Waals surface area contributed by atoms with E-state index in [1.54, 1.807) is 11.8 Å². The topological polar surface area (TPSA) is 26.0 Å². The molecule has 1 nitrogen and oxygen atoms in total. The van der Waals surface area contributed by atoms with Crippen LogP contribution in [0.15, 0.2) is 52.3 Å². The summed E-state index contributed by atoms with van der Waals surface area (Å²) in [6.45, 7) is 0. The molecule has 0 heterocycles. The minimum absolute atomic E-state index is 0.778. The Balaban J connectivity index is 2.31. The van der Waals surface area contributed by atoms with Crippen LogP contribution in [0, 0.1) is 3.57 Å². The Morgan fingerprint density at radius 2 is 1.81 bits per heavy atom. The molecule has 16 heavy (non-hydrogen) atoms. The van der Waals surface area contributed by atoms with E-state index in [1.807, 2.05) is 42.5 Å². The van der Waals surface area contributed by atoms with Crippen molar-refractivity contribution in [3.8, 4) is 0 Å². The van der Waals surface area contributed by atoms with E-state index in [9.17, 15) is 0 Å². The summed E-state index contributed by atoms with van der Waals surface area (Å²) >= 11 is 10.0. The largest absolute Gasteiger partial charge is 0.399 e. The third-order valence-electron chi connectivity index (χ3n) is 2.01. The lowest BCUT2D eigenvalue weighted by atomic mass is 10.3. The molecule has 0 aliphatic heterocycles. The fourth-order valence-electron chi connectivity index (χ4n) is 1.25. The second-order valence-electron chi connectivity index (χ2n) is 3.22. The predicted octanol–water partition coefficient (Wildman–Crippen LogP) is 4.68. The van der Waals surface area contributed by atoms with Gasteiger partial charge >= 0.3 is 0 Å². The van der Waals surface area contributed by atoms with Gasteiger partial charge in [0.15, 0.2) is 0 Å². The molecule has 0 unspecified atom stereocenters. The van der Waals surface area contributed by atoms with Crippen LogP contribution >= 0.6 is 46.0 Å². The minimum atomic E-state index is 0.778. The highest BCUT2D eigenvalue weighted by atomic mass is 127. The average Bonchev–Trinajstić information content (AvgIpc) is 2.25. The van der Waals surface area contributed by atoms with Crippen LogP contribution in [0.25, 0.3) is 0 Å². The van der Waals surface area contributed by atoms with Crippen molar-refractivity contribution >= 4 is 51.6 Å². The Hall–Kier alpha value is -0.390. The molecule has 0 saturated carbocycles. The Bertz CT molecular complexity index is 516. The van der Waals surface area contributed by atoms with Gasteiger partial charge in [-0.05, 0) is 52.9 Å². The van der Waals surface area contributed by atoms with Gasteiger partial charge in [0, 0.05) is 19.0 Å². The van der Waals surface area contributed by atoms with Gasteiger partial charge < -0.3 is 5.73 Å². The summed E-state index contributed by atoms with van der Waals surface area (Å²) in [6, 6.07) is 13.7. The standard InChI is InChI=1S/C12H9ClINS/c13-9-3-1-2-4-11(9)16-12-6-5-8(15)7-10(12)14/h1-7H,15H2. The third-order valence-corrected chi connectivity index (χ3v) is 4.86. The normalized spacial score (nSPS) is 10.4. The summed E-state index contributed by atoms with van der Waals surface area (Å²) in [5.74, 6) is 0. The van der Waals surface area contributed by atoms with Crippen molar-refractivity contribution in [2.45, 2.75) is 9.79 Å². The molecule has 0 aliphatic carbocycles. The first-order valence-electron chi connectivity index (χ1n) is 4.64. The Labute approximate surface area is 118 Å². The third kappa shape index (κ3) is 2.84. The lowest BCUT2D eigenvalue weighted by Gasteiger charge is -2.06. The Kier molecular flexibility index (Phi) is 4.00. The average molecular weight is 362 g/mol. The van der Waals surface area contributed by atoms with E-state index in [-0.39, 0.29) is 0 Å². The molecule has 2 N–H and O–H groups in total. The quantitative estimate of drug-likeness (QED) is 0.621. The first kappa shape index (κ1) is 12.1. The lowest BCUT2D eigenvalue weighted by Crippen LogP contribution is -1.87. The van der Waals surface area contributed by atoms with Gasteiger partial charge in [0.25, 0.3) is 0 Å². The Morgan fingerprint density at radius 3 is 2.50 bits per heavy atom. The van der Waals surface area contributed by atoms with Crippen molar-refractivity contribution in [2.75, 3.05) is 5.73 Å². The van der Waals surface area contributed by atoms with Crippen LogP contribution in [0.4, 0.5) is 5.69 Å². The second kappa shape index (κ2) is 5.29. The van der Waals surface area contributed by atoms with Crippen LogP contribution in [-0.2, 0) is 0 Å². The van der Waals surface area contributed by atoms with Gasteiger partial charge in [-0.1, -0.05) is 35.5 Å². The van der Waals surface area contributed by atoms with Gasteiger partial charge in [-0.25, -0.2) is 0 Å². The van der Waals surface area contributed by atoms with Crippen LogP contribution in [0.5, 0.6) is 0 Å². The fraction of sp³-hybridized carbons (Fsp3) is 0. The smallest absolute Gasteiger partial charge is 0.0545 e. The predicted molar refractivity (Wildman–Crippen MR) is 79.1 cm³/mol. The summed E-state index contributed by atoms with van der Waals surface area (Å²) < 4.78 is 1.14. The maximum Gasteiger partial charge on any atom is 0.0545 e. The lowest BCUT2D eigenvalue weighted by molar-refractivity contribution is 1.37. The summed E-state index contributed by atoms with van der Waals surface area (Å²) in [7, 11) is 0. The van der Waals surface area contributed by atoms with Crippen LogP contribution in [-0.4, -0.2) is 0 Å². The number of hydrogen-bond acceptors (Lipinski definition) is 2. The van der Waals surface area contributed by atoms with E-state index in [0.29, 0.717) is 0 Å². The fourth-order valence-corrected chi connectivity index (χ4v) is 3.21. The van der Waals surface area contributed by atoms with Crippen molar-refractivity contribution in [1.82, 2.24) is 0 Å². The van der Waals surface area contributed by atoms with E-state index in [1.165, 1.54) is 4.90 Å². The summed E-state index contributed by atoms with van der Waals surface area (Å²) in [5.41, 5.74) is 6.50. The molecule has 0 aliphatic rings. The number of benzene rings is 2. The molecule has 0 bridgehead atoms. The molecule has 0 amide bonds. The molecule has 82 valence electrons. The monoisotopic (exact) mass is 361 g/mol. The molecule has 0 fully saturated rings. The zero-order valence-electron chi connectivity index (χ0n) is 8.28. The van der Waals surface area contributed by atoms with Crippen molar-refractivity contribution in [3.05, 3.63) is 51.1 Å². The number of anilines is 1. The van der Waals surface area contributed by atoms with Gasteiger partial charge in [0.1, 0.15) is 0 Å². The van der Waals surface area contributed by atoms with Crippen LogP contribution in [0.2, 0.25) is 5.02 Å². The maximum atomic E-state index is 6.11. The minimum Gasteiger partial charge on any atom is -0.399 e. The molecule has 2 aromatic rings. The highest BCUT2D eigenvalue weighted by Gasteiger charge is 2.05. The molecule has 0 saturated heterocycles. The molecule has 0 spiro atoms. The molecule has 4 heteroatoms. The number of nitrogens with two attached hydrogens (primary N) is 1. The Morgan fingerprint density at radius 1 is 1.06 bits per heavy atom. The van der Waals surface area contributed by atoms with Crippen molar-refractivity contribution in [1.29, 1.82) is 0 Å². The molecular weight excluding hydrogens is 353 g/mol. The van der Waals surface area contributed by atoms with Gasteiger partial charge in [-0.15, -0.1) is 0 Å². The highest BCUT2D eigenvalue weighted by molar-refractivity contribution is 14.1. The van der Waals surface area contributed by atoms with Gasteiger partial charge in [0.05, 0.1) is 5.02 Å². The van der Waals surface area contributed by atoms with E-state index in [4.69, 9.17) is 17.3 Å². The maximum absolute atomic E-state index is 6.11. The molecule has 2 aromatic carbocycles. The molecule has 0 atom stereocenters.